The predicted molar refractivity (Wildman–Crippen MR) is 95.5 cm³/mol. The Bertz CT molecular complexity index is 763. The van der Waals surface area contributed by atoms with Crippen LogP contribution in [0.4, 0.5) is 17.3 Å². The van der Waals surface area contributed by atoms with Gasteiger partial charge in [0.05, 0.1) is 30.8 Å². The van der Waals surface area contributed by atoms with E-state index in [-0.39, 0.29) is 11.8 Å². The molecular formula is C15H17BrN8O. The molecule has 1 fully saturated rings. The molecule has 130 valence electrons. The molecule has 0 radical (unpaired) electrons. The van der Waals surface area contributed by atoms with Gasteiger partial charge in [-0.05, 0) is 23.0 Å². The van der Waals surface area contributed by atoms with Crippen molar-refractivity contribution >= 4 is 33.3 Å². The number of nitriles is 1. The topological polar surface area (TPSA) is 112 Å². The Kier molecular flexibility index (Phi) is 5.70. The molecule has 9 nitrogen and oxygen atoms in total. The fourth-order valence-corrected chi connectivity index (χ4v) is 2.69. The summed E-state index contributed by atoms with van der Waals surface area (Å²) in [4.78, 5) is 10.3. The van der Waals surface area contributed by atoms with Gasteiger partial charge in [0.2, 0.25) is 0 Å². The molecule has 1 atom stereocenters. The van der Waals surface area contributed by atoms with Crippen LogP contribution in [0.2, 0.25) is 0 Å². The number of aromatic nitrogens is 4. The quantitative estimate of drug-likeness (QED) is 0.762. The summed E-state index contributed by atoms with van der Waals surface area (Å²) in [7, 11) is 2.08. The maximum absolute atomic E-state index is 8.75. The number of morpholine rings is 1. The van der Waals surface area contributed by atoms with Crippen LogP contribution in [0, 0.1) is 11.3 Å². The van der Waals surface area contributed by atoms with Gasteiger partial charge >= 0.3 is 0 Å². The van der Waals surface area contributed by atoms with E-state index in [9.17, 15) is 0 Å². The zero-order valence-corrected chi connectivity index (χ0v) is 15.2. The van der Waals surface area contributed by atoms with E-state index in [1.54, 1.807) is 0 Å². The van der Waals surface area contributed by atoms with Gasteiger partial charge in [0, 0.05) is 25.7 Å². The molecule has 0 amide bonds. The zero-order chi connectivity index (χ0) is 17.6. The Morgan fingerprint density at radius 1 is 1.36 bits per heavy atom. The van der Waals surface area contributed by atoms with Crippen LogP contribution < -0.4 is 10.6 Å². The summed E-state index contributed by atoms with van der Waals surface area (Å²) in [6.45, 7) is 3.25. The van der Waals surface area contributed by atoms with Crippen LogP contribution in [0.5, 0.6) is 0 Å². The predicted octanol–water partition coefficient (Wildman–Crippen LogP) is 1.39. The van der Waals surface area contributed by atoms with Crippen molar-refractivity contribution in [1.29, 1.82) is 5.26 Å². The molecule has 10 heteroatoms. The third kappa shape index (κ3) is 4.82. The van der Waals surface area contributed by atoms with Crippen molar-refractivity contribution < 1.29 is 4.74 Å². The summed E-state index contributed by atoms with van der Waals surface area (Å²) in [5.41, 5.74) is 1.06. The van der Waals surface area contributed by atoms with Crippen molar-refractivity contribution in [2.24, 2.45) is 0 Å². The molecule has 0 spiro atoms. The SMILES string of the molecule is CN1CCOC(CNc2cc(Nc3cnc(C#N)cn3)nnc2Br)C1. The lowest BCUT2D eigenvalue weighted by molar-refractivity contribution is -0.0117. The van der Waals surface area contributed by atoms with Gasteiger partial charge in [0.1, 0.15) is 11.9 Å². The van der Waals surface area contributed by atoms with Gasteiger partial charge in [0.25, 0.3) is 0 Å². The lowest BCUT2D eigenvalue weighted by Gasteiger charge is -2.30. The highest BCUT2D eigenvalue weighted by Crippen LogP contribution is 2.23. The maximum Gasteiger partial charge on any atom is 0.158 e. The highest BCUT2D eigenvalue weighted by molar-refractivity contribution is 9.10. The van der Waals surface area contributed by atoms with Gasteiger partial charge in [-0.25, -0.2) is 9.97 Å². The van der Waals surface area contributed by atoms with Gasteiger partial charge < -0.3 is 20.3 Å². The van der Waals surface area contributed by atoms with Gasteiger partial charge in [-0.3, -0.25) is 0 Å². The van der Waals surface area contributed by atoms with E-state index in [1.165, 1.54) is 12.4 Å². The number of hydrogen-bond acceptors (Lipinski definition) is 9. The van der Waals surface area contributed by atoms with Crippen LogP contribution in [0.15, 0.2) is 23.1 Å². The van der Waals surface area contributed by atoms with Crippen molar-refractivity contribution in [3.63, 3.8) is 0 Å². The molecule has 1 unspecified atom stereocenters. The largest absolute Gasteiger partial charge is 0.380 e. The van der Waals surface area contributed by atoms with Crippen molar-refractivity contribution in [2.75, 3.05) is 43.9 Å². The lowest BCUT2D eigenvalue weighted by Crippen LogP contribution is -2.43. The van der Waals surface area contributed by atoms with E-state index in [2.05, 4.69) is 58.7 Å². The Labute approximate surface area is 153 Å². The second kappa shape index (κ2) is 8.15. The Hall–Kier alpha value is -2.35. The minimum atomic E-state index is 0.125. The molecule has 0 aliphatic carbocycles. The lowest BCUT2D eigenvalue weighted by atomic mass is 10.2. The Balaban J connectivity index is 1.64. The van der Waals surface area contributed by atoms with Crippen LogP contribution >= 0.6 is 15.9 Å². The van der Waals surface area contributed by atoms with E-state index in [1.807, 2.05) is 12.1 Å². The molecule has 2 aromatic heterocycles. The second-order valence-corrected chi connectivity index (χ2v) is 6.34. The van der Waals surface area contributed by atoms with Crippen LogP contribution in [-0.2, 0) is 4.74 Å². The van der Waals surface area contributed by atoms with Crippen molar-refractivity contribution in [3.8, 4) is 6.07 Å². The third-order valence-corrected chi connectivity index (χ3v) is 4.22. The first-order valence-electron chi connectivity index (χ1n) is 7.70. The van der Waals surface area contributed by atoms with Gasteiger partial charge in [-0.15, -0.1) is 10.2 Å². The first-order chi connectivity index (χ1) is 12.1. The monoisotopic (exact) mass is 404 g/mol. The number of hydrogen-bond donors (Lipinski definition) is 2. The van der Waals surface area contributed by atoms with E-state index < -0.39 is 0 Å². The highest BCUT2D eigenvalue weighted by atomic mass is 79.9. The van der Waals surface area contributed by atoms with Crippen molar-refractivity contribution in [1.82, 2.24) is 25.1 Å². The minimum Gasteiger partial charge on any atom is -0.380 e. The van der Waals surface area contributed by atoms with Crippen molar-refractivity contribution in [3.05, 3.63) is 28.8 Å². The fourth-order valence-electron chi connectivity index (χ4n) is 2.36. The molecule has 3 heterocycles. The highest BCUT2D eigenvalue weighted by Gasteiger charge is 2.18. The average molecular weight is 405 g/mol. The molecule has 25 heavy (non-hydrogen) atoms. The number of halogens is 1. The molecule has 1 aliphatic heterocycles. The maximum atomic E-state index is 8.75. The number of ether oxygens (including phenoxy) is 1. The molecule has 3 rings (SSSR count). The number of nitrogens with zero attached hydrogens (tertiary/aromatic N) is 6. The normalized spacial score (nSPS) is 17.7. The summed E-state index contributed by atoms with van der Waals surface area (Å²) >= 11 is 3.39. The third-order valence-electron chi connectivity index (χ3n) is 3.63. The van der Waals surface area contributed by atoms with E-state index in [4.69, 9.17) is 10.00 Å². The summed E-state index contributed by atoms with van der Waals surface area (Å²) in [5.74, 6) is 1.00. The first kappa shape index (κ1) is 17.5. The summed E-state index contributed by atoms with van der Waals surface area (Å²) in [5, 5.41) is 23.2. The minimum absolute atomic E-state index is 0.125. The zero-order valence-electron chi connectivity index (χ0n) is 13.6. The van der Waals surface area contributed by atoms with Gasteiger partial charge in [-0.1, -0.05) is 0 Å². The summed E-state index contributed by atoms with van der Waals surface area (Å²) in [6, 6.07) is 3.75. The van der Waals surface area contributed by atoms with Crippen LogP contribution in [-0.4, -0.2) is 64.5 Å². The summed E-state index contributed by atoms with van der Waals surface area (Å²) < 4.78 is 6.36. The number of rotatable bonds is 5. The molecular weight excluding hydrogens is 388 g/mol. The first-order valence-corrected chi connectivity index (χ1v) is 8.50. The van der Waals surface area contributed by atoms with E-state index in [0.717, 1.165) is 25.4 Å². The van der Waals surface area contributed by atoms with Crippen LogP contribution in [0.1, 0.15) is 5.69 Å². The molecule has 2 N–H and O–H groups in total. The summed E-state index contributed by atoms with van der Waals surface area (Å²) in [6.07, 6.45) is 2.99. The Morgan fingerprint density at radius 3 is 2.96 bits per heavy atom. The standard InChI is InChI=1S/C15H17BrN8O/c1-24-2-3-25-11(9-24)7-19-12-4-13(22-23-15(12)16)21-14-8-18-10(5-17)6-20-14/h4,6,8,11H,2-3,7,9H2,1H3,(H2,19,20,21,22). The second-order valence-electron chi connectivity index (χ2n) is 5.59. The van der Waals surface area contributed by atoms with Gasteiger partial charge in [-0.2, -0.15) is 5.26 Å². The smallest absolute Gasteiger partial charge is 0.158 e. The molecule has 0 bridgehead atoms. The molecule has 1 saturated heterocycles. The average Bonchev–Trinajstić information content (AvgIpc) is 2.63. The molecule has 0 aromatic carbocycles. The number of anilines is 3. The number of nitrogens with one attached hydrogen (secondary N) is 2. The molecule has 0 saturated carbocycles. The van der Waals surface area contributed by atoms with E-state index >= 15 is 0 Å². The van der Waals surface area contributed by atoms with Crippen LogP contribution in [0.3, 0.4) is 0 Å². The Morgan fingerprint density at radius 2 is 2.24 bits per heavy atom. The number of likely N-dealkylation sites (N-methyl/N-ethyl adjacent to an activating group) is 1. The van der Waals surface area contributed by atoms with Gasteiger partial charge in [0.15, 0.2) is 16.1 Å². The fraction of sp³-hybridized carbons (Fsp3) is 0.400. The van der Waals surface area contributed by atoms with E-state index in [0.29, 0.717) is 22.8 Å². The molecule has 1 aliphatic rings. The molecule has 2 aromatic rings. The van der Waals surface area contributed by atoms with Crippen molar-refractivity contribution in [2.45, 2.75) is 6.10 Å². The van der Waals surface area contributed by atoms with Crippen LogP contribution in [0.25, 0.3) is 0 Å².